The van der Waals surface area contributed by atoms with Crippen LogP contribution in [0.5, 0.6) is 0 Å². The van der Waals surface area contributed by atoms with E-state index in [0.717, 1.165) is 18.7 Å². The van der Waals surface area contributed by atoms with Crippen molar-refractivity contribution in [2.24, 2.45) is 5.92 Å². The number of hydrogen-bond donors (Lipinski definition) is 1. The van der Waals surface area contributed by atoms with Gasteiger partial charge in [0.05, 0.1) is 5.02 Å². The Labute approximate surface area is 119 Å². The molecule has 2 nitrogen and oxygen atoms in total. The number of nitrogens with one attached hydrogen (secondary N) is 1. The molecule has 2 atom stereocenters. The lowest BCUT2D eigenvalue weighted by Gasteiger charge is -2.33. The molecule has 0 spiro atoms. The van der Waals surface area contributed by atoms with Crippen LogP contribution in [0.15, 0.2) is 18.2 Å². The van der Waals surface area contributed by atoms with E-state index in [-0.39, 0.29) is 10.8 Å². The molecule has 1 aliphatic heterocycles. The van der Waals surface area contributed by atoms with Gasteiger partial charge < -0.3 is 5.32 Å². The Morgan fingerprint density at radius 3 is 2.89 bits per heavy atom. The number of nitrogens with zero attached hydrogens (tertiary/aromatic N) is 1. The molecule has 1 heterocycles. The number of benzene rings is 1. The summed E-state index contributed by atoms with van der Waals surface area (Å²) >= 11 is 5.94. The predicted octanol–water partition coefficient (Wildman–Crippen LogP) is 3.47. The lowest BCUT2D eigenvalue weighted by atomic mass is 9.89. The van der Waals surface area contributed by atoms with Gasteiger partial charge in [-0.15, -0.1) is 0 Å². The summed E-state index contributed by atoms with van der Waals surface area (Å²) in [5.74, 6) is 0.200. The largest absolute Gasteiger partial charge is 0.319 e. The molecule has 0 aliphatic carbocycles. The van der Waals surface area contributed by atoms with Gasteiger partial charge in [-0.25, -0.2) is 4.39 Å². The van der Waals surface area contributed by atoms with Gasteiger partial charge in [0, 0.05) is 6.04 Å². The molecule has 2 rings (SSSR count). The molecule has 0 radical (unpaired) electrons. The predicted molar refractivity (Wildman–Crippen MR) is 78.0 cm³/mol. The highest BCUT2D eigenvalue weighted by Crippen LogP contribution is 2.35. The number of likely N-dealkylation sites (tertiary alicyclic amines) is 1. The van der Waals surface area contributed by atoms with Gasteiger partial charge in [-0.2, -0.15) is 0 Å². The van der Waals surface area contributed by atoms with E-state index in [4.69, 9.17) is 11.6 Å². The second-order valence-corrected chi connectivity index (χ2v) is 5.82. The Morgan fingerprint density at radius 2 is 2.21 bits per heavy atom. The van der Waals surface area contributed by atoms with Crippen LogP contribution in [0, 0.1) is 11.7 Å². The van der Waals surface area contributed by atoms with Crippen LogP contribution >= 0.6 is 11.6 Å². The third kappa shape index (κ3) is 3.47. The van der Waals surface area contributed by atoms with Crippen molar-refractivity contribution in [2.75, 3.05) is 27.2 Å². The number of halogens is 2. The first kappa shape index (κ1) is 14.8. The van der Waals surface area contributed by atoms with E-state index in [0.29, 0.717) is 12.0 Å². The fourth-order valence-electron chi connectivity index (χ4n) is 3.12. The Hall–Kier alpha value is -0.640. The molecular formula is C15H22ClFN2. The van der Waals surface area contributed by atoms with Crippen LogP contribution in [0.4, 0.5) is 4.39 Å². The lowest BCUT2D eigenvalue weighted by molar-refractivity contribution is 0.191. The van der Waals surface area contributed by atoms with Crippen molar-refractivity contribution in [3.63, 3.8) is 0 Å². The first-order valence-corrected chi connectivity index (χ1v) is 7.31. The van der Waals surface area contributed by atoms with Crippen LogP contribution in [0.25, 0.3) is 0 Å². The lowest BCUT2D eigenvalue weighted by Crippen LogP contribution is -2.34. The first-order chi connectivity index (χ1) is 9.13. The van der Waals surface area contributed by atoms with Crippen LogP contribution in [0.2, 0.25) is 5.02 Å². The van der Waals surface area contributed by atoms with Gasteiger partial charge >= 0.3 is 0 Å². The smallest absolute Gasteiger partial charge is 0.141 e. The van der Waals surface area contributed by atoms with E-state index in [1.807, 2.05) is 13.1 Å². The number of rotatable bonds is 3. The summed E-state index contributed by atoms with van der Waals surface area (Å²) < 4.78 is 13.3. The molecule has 1 saturated heterocycles. The van der Waals surface area contributed by atoms with Gasteiger partial charge in [-0.05, 0) is 63.6 Å². The maximum atomic E-state index is 13.3. The molecule has 1 fully saturated rings. The van der Waals surface area contributed by atoms with Gasteiger partial charge in [0.15, 0.2) is 0 Å². The van der Waals surface area contributed by atoms with Crippen molar-refractivity contribution in [2.45, 2.75) is 25.3 Å². The van der Waals surface area contributed by atoms with Gasteiger partial charge in [0.25, 0.3) is 0 Å². The Bertz CT molecular complexity index is 425. The standard InChI is InChI=1S/C15H22ClFN2/c1-18-10-12-5-3-4-8-19(2)15(12)11-6-7-14(17)13(16)9-11/h6-7,9,12,15,18H,3-5,8,10H2,1-2H3. The Morgan fingerprint density at radius 1 is 1.42 bits per heavy atom. The zero-order valence-corrected chi connectivity index (χ0v) is 12.4. The highest BCUT2D eigenvalue weighted by Gasteiger charge is 2.28. The van der Waals surface area contributed by atoms with Gasteiger partial charge in [0.2, 0.25) is 0 Å². The van der Waals surface area contributed by atoms with Crippen molar-refractivity contribution >= 4 is 11.6 Å². The first-order valence-electron chi connectivity index (χ1n) is 6.93. The number of hydrogen-bond acceptors (Lipinski definition) is 2. The average molecular weight is 285 g/mol. The van der Waals surface area contributed by atoms with Gasteiger partial charge in [0.1, 0.15) is 5.82 Å². The van der Waals surface area contributed by atoms with E-state index in [1.165, 1.54) is 25.3 Å². The molecule has 1 aliphatic rings. The monoisotopic (exact) mass is 284 g/mol. The summed E-state index contributed by atoms with van der Waals surface area (Å²) in [4.78, 5) is 2.37. The maximum absolute atomic E-state index is 13.3. The molecule has 1 aromatic carbocycles. The molecule has 4 heteroatoms. The Balaban J connectivity index is 2.31. The minimum absolute atomic E-state index is 0.221. The minimum Gasteiger partial charge on any atom is -0.319 e. The molecule has 1 aromatic rings. The van der Waals surface area contributed by atoms with E-state index in [2.05, 4.69) is 17.3 Å². The van der Waals surface area contributed by atoms with Crippen LogP contribution in [0.3, 0.4) is 0 Å². The second kappa shape index (κ2) is 6.69. The summed E-state index contributed by atoms with van der Waals surface area (Å²) in [5, 5.41) is 3.50. The van der Waals surface area contributed by atoms with Gasteiger partial charge in [-0.1, -0.05) is 24.1 Å². The zero-order chi connectivity index (χ0) is 13.8. The van der Waals surface area contributed by atoms with Crippen molar-refractivity contribution in [1.29, 1.82) is 0 Å². The fourth-order valence-corrected chi connectivity index (χ4v) is 3.31. The van der Waals surface area contributed by atoms with Crippen LogP contribution < -0.4 is 5.32 Å². The molecule has 1 N–H and O–H groups in total. The summed E-state index contributed by atoms with van der Waals surface area (Å²) in [6.07, 6.45) is 3.68. The van der Waals surface area contributed by atoms with Crippen molar-refractivity contribution in [1.82, 2.24) is 10.2 Å². The molecule has 2 unspecified atom stereocenters. The normalized spacial score (nSPS) is 25.3. The van der Waals surface area contributed by atoms with Crippen LogP contribution in [-0.2, 0) is 0 Å². The minimum atomic E-state index is -0.341. The van der Waals surface area contributed by atoms with Crippen LogP contribution in [0.1, 0.15) is 30.9 Å². The molecule has 0 amide bonds. The SMILES string of the molecule is CNCC1CCCCN(C)C1c1ccc(F)c(Cl)c1. The summed E-state index contributed by atoms with van der Waals surface area (Å²) in [7, 11) is 4.13. The summed E-state index contributed by atoms with van der Waals surface area (Å²) in [6, 6.07) is 5.45. The van der Waals surface area contributed by atoms with Crippen molar-refractivity contribution < 1.29 is 4.39 Å². The molecule has 19 heavy (non-hydrogen) atoms. The third-order valence-corrected chi connectivity index (χ3v) is 4.30. The topological polar surface area (TPSA) is 15.3 Å². The highest BCUT2D eigenvalue weighted by atomic mass is 35.5. The summed E-state index contributed by atoms with van der Waals surface area (Å²) in [5.41, 5.74) is 1.12. The van der Waals surface area contributed by atoms with E-state index in [9.17, 15) is 4.39 Å². The van der Waals surface area contributed by atoms with E-state index < -0.39 is 0 Å². The van der Waals surface area contributed by atoms with E-state index >= 15 is 0 Å². The maximum Gasteiger partial charge on any atom is 0.141 e. The second-order valence-electron chi connectivity index (χ2n) is 5.41. The molecule has 0 bridgehead atoms. The highest BCUT2D eigenvalue weighted by molar-refractivity contribution is 6.30. The zero-order valence-electron chi connectivity index (χ0n) is 11.6. The average Bonchev–Trinajstić information content (AvgIpc) is 2.56. The third-order valence-electron chi connectivity index (χ3n) is 4.01. The van der Waals surface area contributed by atoms with Crippen LogP contribution in [-0.4, -0.2) is 32.1 Å². The van der Waals surface area contributed by atoms with Crippen molar-refractivity contribution in [3.05, 3.63) is 34.6 Å². The molecule has 106 valence electrons. The van der Waals surface area contributed by atoms with Gasteiger partial charge in [-0.3, -0.25) is 4.90 Å². The molecular weight excluding hydrogens is 263 g/mol. The quantitative estimate of drug-likeness (QED) is 0.914. The van der Waals surface area contributed by atoms with Crippen molar-refractivity contribution in [3.8, 4) is 0 Å². The molecule has 0 aromatic heterocycles. The Kier molecular flexibility index (Phi) is 5.20. The summed E-state index contributed by atoms with van der Waals surface area (Å²) in [6.45, 7) is 2.06. The fraction of sp³-hybridized carbons (Fsp3) is 0.600. The van der Waals surface area contributed by atoms with E-state index in [1.54, 1.807) is 6.07 Å². The molecule has 0 saturated carbocycles.